The van der Waals surface area contributed by atoms with Crippen LogP contribution in [0.4, 0.5) is 11.5 Å². The minimum atomic E-state index is -0.00672. The molecular weight excluding hydrogens is 530 g/mol. The lowest BCUT2D eigenvalue weighted by atomic mass is 10.1. The zero-order valence-corrected chi connectivity index (χ0v) is 24.8. The van der Waals surface area contributed by atoms with Crippen molar-refractivity contribution in [2.75, 3.05) is 56.2 Å². The Labute approximate surface area is 247 Å². The Morgan fingerprint density at radius 3 is 2.86 bits per heavy atom. The summed E-state index contributed by atoms with van der Waals surface area (Å²) in [5.41, 5.74) is 5.68. The van der Waals surface area contributed by atoms with E-state index in [0.717, 1.165) is 86.4 Å². The third-order valence-electron chi connectivity index (χ3n) is 9.41. The molecule has 0 spiro atoms. The molecule has 4 aliphatic heterocycles. The van der Waals surface area contributed by atoms with E-state index in [-0.39, 0.29) is 12.3 Å². The highest BCUT2D eigenvalue weighted by molar-refractivity contribution is 5.94. The van der Waals surface area contributed by atoms with Crippen LogP contribution in [0, 0.1) is 18.3 Å². The standard InChI is InChI=1S/C31H41N9O2/c1-21-8-9-27-24(16-34-40(27)28-7-3-4-15-41-28)29(21)39-18-25-26(19-39)35-31(42-20-23-6-5-13-37(23)2)36-30(25)38-14-12-33-22(17-38)10-11-32/h8-9,16,22-23,28,33H,3-7,10,12-15,17-20H2,1-2H3/t22-,23?,28?/m0/s1. The van der Waals surface area contributed by atoms with Gasteiger partial charge in [0.05, 0.1) is 42.1 Å². The summed E-state index contributed by atoms with van der Waals surface area (Å²) in [4.78, 5) is 17.1. The van der Waals surface area contributed by atoms with Gasteiger partial charge < -0.3 is 29.5 Å². The number of hydrogen-bond acceptors (Lipinski definition) is 10. The molecule has 0 saturated carbocycles. The summed E-state index contributed by atoms with van der Waals surface area (Å²) < 4.78 is 14.4. The monoisotopic (exact) mass is 571 g/mol. The van der Waals surface area contributed by atoms with Crippen LogP contribution in [0.3, 0.4) is 0 Å². The SMILES string of the molecule is Cc1ccc2c(cnn2C2CCCCO2)c1N1Cc2nc(OCC3CCCN3C)nc(N3CCN[C@@H](CC#N)C3)c2C1. The Bertz CT molecular complexity index is 1480. The van der Waals surface area contributed by atoms with E-state index in [2.05, 4.69) is 56.9 Å². The summed E-state index contributed by atoms with van der Waals surface area (Å²) in [6.07, 6.45) is 8.07. The van der Waals surface area contributed by atoms with Crippen molar-refractivity contribution in [2.45, 2.75) is 76.8 Å². The topological polar surface area (TPSA) is 108 Å². The van der Waals surface area contributed by atoms with Crippen LogP contribution >= 0.6 is 0 Å². The van der Waals surface area contributed by atoms with Crippen molar-refractivity contribution in [3.8, 4) is 12.1 Å². The van der Waals surface area contributed by atoms with E-state index in [1.807, 2.05) is 6.20 Å². The van der Waals surface area contributed by atoms with Crippen LogP contribution in [-0.2, 0) is 17.8 Å². The second kappa shape index (κ2) is 11.7. The largest absolute Gasteiger partial charge is 0.462 e. The minimum Gasteiger partial charge on any atom is -0.462 e. The number of piperazine rings is 1. The number of nitrogens with one attached hydrogen (secondary N) is 1. The van der Waals surface area contributed by atoms with Gasteiger partial charge in [-0.2, -0.15) is 20.3 Å². The van der Waals surface area contributed by atoms with Crippen molar-refractivity contribution in [3.63, 3.8) is 0 Å². The van der Waals surface area contributed by atoms with Gasteiger partial charge in [-0.15, -0.1) is 0 Å². The van der Waals surface area contributed by atoms with E-state index in [9.17, 15) is 5.26 Å². The minimum absolute atomic E-state index is 0.00672. The van der Waals surface area contributed by atoms with Crippen molar-refractivity contribution in [3.05, 3.63) is 35.2 Å². The Balaban J connectivity index is 1.21. The second-order valence-electron chi connectivity index (χ2n) is 12.2. The lowest BCUT2D eigenvalue weighted by Crippen LogP contribution is -2.51. The first-order valence-corrected chi connectivity index (χ1v) is 15.5. The number of aryl methyl sites for hydroxylation is 1. The first kappa shape index (κ1) is 27.4. The maximum atomic E-state index is 9.35. The molecule has 0 aliphatic carbocycles. The number of fused-ring (bicyclic) bond motifs is 2. The predicted octanol–water partition coefficient (Wildman–Crippen LogP) is 3.52. The molecule has 1 aromatic carbocycles. The summed E-state index contributed by atoms with van der Waals surface area (Å²) in [5, 5.41) is 18.8. The highest BCUT2D eigenvalue weighted by Gasteiger charge is 2.33. The molecule has 0 radical (unpaired) electrons. The van der Waals surface area contributed by atoms with Crippen molar-refractivity contribution in [1.82, 2.24) is 30.0 Å². The van der Waals surface area contributed by atoms with Gasteiger partial charge in [-0.05, 0) is 64.3 Å². The molecule has 11 nitrogen and oxygen atoms in total. The number of nitriles is 1. The van der Waals surface area contributed by atoms with Gasteiger partial charge in [-0.3, -0.25) is 0 Å². The summed E-state index contributed by atoms with van der Waals surface area (Å²) in [7, 11) is 2.16. The molecule has 0 amide bonds. The number of anilines is 2. The van der Waals surface area contributed by atoms with Crippen LogP contribution in [0.5, 0.6) is 6.01 Å². The fraction of sp³-hybridized carbons (Fsp3) is 0.613. The number of likely N-dealkylation sites (tertiary alicyclic amines) is 1. The van der Waals surface area contributed by atoms with Crippen LogP contribution in [0.15, 0.2) is 18.3 Å². The molecule has 1 N–H and O–H groups in total. The predicted molar refractivity (Wildman–Crippen MR) is 161 cm³/mol. The summed E-state index contributed by atoms with van der Waals surface area (Å²) in [6.45, 7) is 8.46. The first-order valence-electron chi connectivity index (χ1n) is 15.5. The number of nitrogens with zero attached hydrogens (tertiary/aromatic N) is 8. The number of benzene rings is 1. The van der Waals surface area contributed by atoms with E-state index in [1.54, 1.807) is 0 Å². The van der Waals surface area contributed by atoms with E-state index < -0.39 is 0 Å². The highest BCUT2D eigenvalue weighted by atomic mass is 16.5. The van der Waals surface area contributed by atoms with Crippen LogP contribution in [0.25, 0.3) is 10.9 Å². The Morgan fingerprint density at radius 1 is 1.12 bits per heavy atom. The number of ether oxygens (including phenoxy) is 2. The molecule has 3 aromatic rings. The fourth-order valence-corrected chi connectivity index (χ4v) is 7.11. The molecular formula is C31H41N9O2. The third kappa shape index (κ3) is 5.16. The smallest absolute Gasteiger partial charge is 0.318 e. The van der Waals surface area contributed by atoms with Gasteiger partial charge in [-0.25, -0.2) is 4.68 Å². The highest BCUT2D eigenvalue weighted by Crippen LogP contribution is 2.40. The lowest BCUT2D eigenvalue weighted by Gasteiger charge is -2.34. The molecule has 7 rings (SSSR count). The molecule has 3 atom stereocenters. The van der Waals surface area contributed by atoms with Crippen LogP contribution in [-0.4, -0.2) is 83.2 Å². The summed E-state index contributed by atoms with van der Waals surface area (Å²) in [5.74, 6) is 0.942. The average Bonchev–Trinajstić information content (AvgIpc) is 3.74. The number of hydrogen-bond donors (Lipinski definition) is 1. The molecule has 0 bridgehead atoms. The molecule has 2 unspecified atom stereocenters. The van der Waals surface area contributed by atoms with Gasteiger partial charge in [0.25, 0.3) is 0 Å². The first-order chi connectivity index (χ1) is 20.6. The number of likely N-dealkylation sites (N-methyl/N-ethyl adjacent to an activating group) is 1. The van der Waals surface area contributed by atoms with Crippen molar-refractivity contribution in [2.24, 2.45) is 0 Å². The average molecular weight is 572 g/mol. The molecule has 2 aromatic heterocycles. The van der Waals surface area contributed by atoms with Crippen LogP contribution in [0.1, 0.15) is 61.6 Å². The van der Waals surface area contributed by atoms with E-state index in [4.69, 9.17) is 24.5 Å². The summed E-state index contributed by atoms with van der Waals surface area (Å²) >= 11 is 0. The zero-order chi connectivity index (χ0) is 28.6. The lowest BCUT2D eigenvalue weighted by molar-refractivity contribution is -0.0366. The third-order valence-corrected chi connectivity index (χ3v) is 9.41. The van der Waals surface area contributed by atoms with Gasteiger partial charge in [0.15, 0.2) is 6.23 Å². The van der Waals surface area contributed by atoms with E-state index >= 15 is 0 Å². The maximum Gasteiger partial charge on any atom is 0.318 e. The normalized spacial score (nSPS) is 24.7. The van der Waals surface area contributed by atoms with Crippen LogP contribution < -0.4 is 19.9 Å². The van der Waals surface area contributed by atoms with E-state index in [0.29, 0.717) is 38.2 Å². The van der Waals surface area contributed by atoms with Crippen molar-refractivity contribution >= 4 is 22.4 Å². The molecule has 4 aliphatic rings. The summed E-state index contributed by atoms with van der Waals surface area (Å²) in [6, 6.07) is 7.67. The zero-order valence-electron chi connectivity index (χ0n) is 24.8. The maximum absolute atomic E-state index is 9.35. The van der Waals surface area contributed by atoms with Gasteiger partial charge in [-0.1, -0.05) is 6.07 Å². The van der Waals surface area contributed by atoms with Crippen molar-refractivity contribution < 1.29 is 9.47 Å². The number of rotatable bonds is 7. The van der Waals surface area contributed by atoms with Gasteiger partial charge in [0.2, 0.25) is 0 Å². The molecule has 3 fully saturated rings. The molecule has 42 heavy (non-hydrogen) atoms. The van der Waals surface area contributed by atoms with Gasteiger partial charge >= 0.3 is 6.01 Å². The Kier molecular flexibility index (Phi) is 7.61. The Morgan fingerprint density at radius 2 is 2.05 bits per heavy atom. The van der Waals surface area contributed by atoms with Gasteiger partial charge in [0.1, 0.15) is 12.4 Å². The second-order valence-corrected chi connectivity index (χ2v) is 12.2. The molecule has 222 valence electrons. The quantitative estimate of drug-likeness (QED) is 0.453. The van der Waals surface area contributed by atoms with E-state index in [1.165, 1.54) is 17.7 Å². The molecule has 6 heterocycles. The number of aromatic nitrogens is 4. The van der Waals surface area contributed by atoms with Crippen LogP contribution in [0.2, 0.25) is 0 Å². The van der Waals surface area contributed by atoms with Gasteiger partial charge in [0, 0.05) is 55.8 Å². The molecule has 11 heteroatoms. The Hall–Kier alpha value is -3.46. The van der Waals surface area contributed by atoms with Crippen molar-refractivity contribution in [1.29, 1.82) is 5.26 Å². The fourth-order valence-electron chi connectivity index (χ4n) is 7.11. The molecule has 3 saturated heterocycles.